The fourth-order valence-electron chi connectivity index (χ4n) is 3.13. The third-order valence-corrected chi connectivity index (χ3v) is 6.73. The number of nitrogens with zero attached hydrogens (tertiary/aromatic N) is 2. The van der Waals surface area contributed by atoms with Crippen molar-refractivity contribution in [2.24, 2.45) is 0 Å². The number of sulfone groups is 1. The molecular formula is C18H16ClFN2O5S. The molecule has 0 aromatic heterocycles. The molecule has 3 rings (SSSR count). The van der Waals surface area contributed by atoms with Gasteiger partial charge in [-0.3, -0.25) is 14.9 Å². The van der Waals surface area contributed by atoms with Gasteiger partial charge in [-0.15, -0.1) is 0 Å². The van der Waals surface area contributed by atoms with Crippen molar-refractivity contribution in [3.8, 4) is 0 Å². The lowest BCUT2D eigenvalue weighted by Crippen LogP contribution is -2.41. The second kappa shape index (κ2) is 7.84. The average Bonchev–Trinajstić information content (AvgIpc) is 3.00. The topological polar surface area (TPSA) is 97.6 Å². The van der Waals surface area contributed by atoms with Crippen LogP contribution in [0.4, 0.5) is 10.1 Å². The van der Waals surface area contributed by atoms with Crippen LogP contribution in [0.5, 0.6) is 0 Å². The molecule has 1 aliphatic rings. The van der Waals surface area contributed by atoms with Crippen LogP contribution in [0.25, 0.3) is 0 Å². The molecule has 1 saturated heterocycles. The van der Waals surface area contributed by atoms with E-state index in [1.165, 1.54) is 47.4 Å². The van der Waals surface area contributed by atoms with Gasteiger partial charge in [0.2, 0.25) is 0 Å². The van der Waals surface area contributed by atoms with Crippen molar-refractivity contribution in [1.29, 1.82) is 0 Å². The summed E-state index contributed by atoms with van der Waals surface area (Å²) in [7, 11) is -3.30. The van der Waals surface area contributed by atoms with E-state index >= 15 is 0 Å². The minimum Gasteiger partial charge on any atom is -0.330 e. The second-order valence-corrected chi connectivity index (χ2v) is 9.13. The van der Waals surface area contributed by atoms with Gasteiger partial charge >= 0.3 is 0 Å². The number of benzene rings is 2. The maximum Gasteiger partial charge on any atom is 0.269 e. The molecule has 10 heteroatoms. The summed E-state index contributed by atoms with van der Waals surface area (Å²) < 4.78 is 38.0. The molecule has 0 unspecified atom stereocenters. The van der Waals surface area contributed by atoms with Crippen molar-refractivity contribution in [1.82, 2.24) is 4.90 Å². The summed E-state index contributed by atoms with van der Waals surface area (Å²) in [5, 5.41) is 10.9. The summed E-state index contributed by atoms with van der Waals surface area (Å²) in [5.41, 5.74) is 0.0507. The molecule has 148 valence electrons. The number of non-ortho nitro benzene ring substituents is 1. The molecular weight excluding hydrogens is 411 g/mol. The minimum atomic E-state index is -3.30. The average molecular weight is 427 g/mol. The Morgan fingerprint density at radius 1 is 1.25 bits per heavy atom. The molecule has 1 aliphatic heterocycles. The van der Waals surface area contributed by atoms with Crippen molar-refractivity contribution in [2.45, 2.75) is 19.0 Å². The maximum atomic E-state index is 14.2. The molecule has 28 heavy (non-hydrogen) atoms. The zero-order chi connectivity index (χ0) is 20.5. The first-order chi connectivity index (χ1) is 13.2. The predicted octanol–water partition coefficient (Wildman–Crippen LogP) is 3.22. The molecule has 0 spiro atoms. The number of nitro groups is 1. The van der Waals surface area contributed by atoms with Gasteiger partial charge in [-0.05, 0) is 30.7 Å². The van der Waals surface area contributed by atoms with E-state index in [4.69, 9.17) is 11.6 Å². The number of carbonyl (C=O) groups is 1. The standard InChI is InChI=1S/C18H16ClFN2O5S/c19-16-2-1-3-17(20)15(16)10-21(14-8-9-28(26,27)11-14)18(23)12-4-6-13(7-5-12)22(24)25/h1-7,14H,8-11H2/t14-/m1/s1. The molecule has 0 aliphatic carbocycles. The summed E-state index contributed by atoms with van der Waals surface area (Å²) in [4.78, 5) is 24.5. The Hall–Kier alpha value is -2.52. The zero-order valence-corrected chi connectivity index (χ0v) is 16.1. The molecule has 1 heterocycles. The van der Waals surface area contributed by atoms with Crippen molar-refractivity contribution < 1.29 is 22.5 Å². The van der Waals surface area contributed by atoms with Gasteiger partial charge in [-0.25, -0.2) is 12.8 Å². The fourth-order valence-corrected chi connectivity index (χ4v) is 5.09. The van der Waals surface area contributed by atoms with Crippen LogP contribution in [0.1, 0.15) is 22.3 Å². The van der Waals surface area contributed by atoms with Gasteiger partial charge in [0.15, 0.2) is 9.84 Å². The Balaban J connectivity index is 1.96. The lowest BCUT2D eigenvalue weighted by atomic mass is 10.1. The molecule has 0 saturated carbocycles. The third kappa shape index (κ3) is 4.31. The second-order valence-electron chi connectivity index (χ2n) is 6.49. The smallest absolute Gasteiger partial charge is 0.269 e. The van der Waals surface area contributed by atoms with Gasteiger partial charge in [0.05, 0.1) is 23.0 Å². The van der Waals surface area contributed by atoms with Crippen molar-refractivity contribution in [3.05, 3.63) is 74.5 Å². The van der Waals surface area contributed by atoms with Crippen molar-refractivity contribution in [2.75, 3.05) is 11.5 Å². The summed E-state index contributed by atoms with van der Waals surface area (Å²) in [6.45, 7) is -0.207. The quantitative estimate of drug-likeness (QED) is 0.540. The molecule has 1 amide bonds. The molecule has 7 nitrogen and oxygen atoms in total. The van der Waals surface area contributed by atoms with E-state index in [1.807, 2.05) is 0 Å². The summed E-state index contributed by atoms with van der Waals surface area (Å²) in [6, 6.07) is 8.45. The van der Waals surface area contributed by atoms with E-state index in [9.17, 15) is 27.7 Å². The Morgan fingerprint density at radius 2 is 1.93 bits per heavy atom. The Labute approximate surface area is 165 Å². The molecule has 2 aromatic carbocycles. The lowest BCUT2D eigenvalue weighted by molar-refractivity contribution is -0.384. The SMILES string of the molecule is O=C(c1ccc([N+](=O)[O-])cc1)N(Cc1c(F)cccc1Cl)[C@@H]1CCS(=O)(=O)C1. The van der Waals surface area contributed by atoms with E-state index < -0.39 is 32.5 Å². The van der Waals surface area contributed by atoms with Gasteiger partial charge in [-0.1, -0.05) is 17.7 Å². The van der Waals surface area contributed by atoms with E-state index in [2.05, 4.69) is 0 Å². The van der Waals surface area contributed by atoms with Crippen LogP contribution in [0.2, 0.25) is 5.02 Å². The minimum absolute atomic E-state index is 0.0628. The lowest BCUT2D eigenvalue weighted by Gasteiger charge is -2.29. The first-order valence-electron chi connectivity index (χ1n) is 8.36. The summed E-state index contributed by atoms with van der Waals surface area (Å²) in [6.07, 6.45) is 0.229. The third-order valence-electron chi connectivity index (χ3n) is 4.63. The van der Waals surface area contributed by atoms with Gasteiger partial charge in [0, 0.05) is 34.3 Å². The first kappa shape index (κ1) is 20.2. The highest BCUT2D eigenvalue weighted by Gasteiger charge is 2.35. The van der Waals surface area contributed by atoms with Crippen LogP contribution in [0, 0.1) is 15.9 Å². The number of rotatable bonds is 5. The number of carbonyl (C=O) groups excluding carboxylic acids is 1. The highest BCUT2D eigenvalue weighted by molar-refractivity contribution is 7.91. The Kier molecular flexibility index (Phi) is 5.66. The summed E-state index contributed by atoms with van der Waals surface area (Å²) >= 11 is 6.07. The number of halogens is 2. The highest BCUT2D eigenvalue weighted by Crippen LogP contribution is 2.27. The van der Waals surface area contributed by atoms with Crippen LogP contribution in [-0.4, -0.2) is 41.7 Å². The van der Waals surface area contributed by atoms with Gasteiger partial charge in [-0.2, -0.15) is 0 Å². The number of hydrogen-bond donors (Lipinski definition) is 0. The van der Waals surface area contributed by atoms with Crippen LogP contribution in [0.15, 0.2) is 42.5 Å². The number of nitro benzene ring substituents is 1. The van der Waals surface area contributed by atoms with Gasteiger partial charge in [0.25, 0.3) is 11.6 Å². The van der Waals surface area contributed by atoms with Crippen LogP contribution >= 0.6 is 11.6 Å². The van der Waals surface area contributed by atoms with E-state index in [0.717, 1.165) is 0 Å². The monoisotopic (exact) mass is 426 g/mol. The number of amides is 1. The number of hydrogen-bond acceptors (Lipinski definition) is 5. The fraction of sp³-hybridized carbons (Fsp3) is 0.278. The van der Waals surface area contributed by atoms with Crippen LogP contribution in [-0.2, 0) is 16.4 Å². The molecule has 0 radical (unpaired) electrons. The molecule has 1 atom stereocenters. The molecule has 0 N–H and O–H groups in total. The summed E-state index contributed by atoms with van der Waals surface area (Å²) in [5.74, 6) is -1.43. The van der Waals surface area contributed by atoms with E-state index in [1.54, 1.807) is 0 Å². The largest absolute Gasteiger partial charge is 0.330 e. The van der Waals surface area contributed by atoms with Gasteiger partial charge in [0.1, 0.15) is 5.82 Å². The van der Waals surface area contributed by atoms with Crippen molar-refractivity contribution >= 4 is 33.0 Å². The zero-order valence-electron chi connectivity index (χ0n) is 14.5. The van der Waals surface area contributed by atoms with Crippen molar-refractivity contribution in [3.63, 3.8) is 0 Å². The predicted molar refractivity (Wildman–Crippen MR) is 101 cm³/mol. The normalized spacial score (nSPS) is 18.0. The van der Waals surface area contributed by atoms with Crippen LogP contribution < -0.4 is 0 Å². The first-order valence-corrected chi connectivity index (χ1v) is 10.6. The maximum absolute atomic E-state index is 14.2. The van der Waals surface area contributed by atoms with E-state index in [0.29, 0.717) is 0 Å². The van der Waals surface area contributed by atoms with E-state index in [-0.39, 0.29) is 46.3 Å². The van der Waals surface area contributed by atoms with Gasteiger partial charge < -0.3 is 4.90 Å². The van der Waals surface area contributed by atoms with Crippen LogP contribution in [0.3, 0.4) is 0 Å². The highest BCUT2D eigenvalue weighted by atomic mass is 35.5. The Bertz CT molecular complexity index is 1010. The molecule has 0 bridgehead atoms. The molecule has 2 aromatic rings. The molecule has 1 fully saturated rings. The Morgan fingerprint density at radius 3 is 2.46 bits per heavy atom.